The van der Waals surface area contributed by atoms with Crippen molar-refractivity contribution < 1.29 is 9.90 Å². The molecule has 1 saturated carbocycles. The fourth-order valence-corrected chi connectivity index (χ4v) is 1.83. The largest absolute Gasteiger partial charge is 0.393 e. The Hall–Kier alpha value is -0.570. The van der Waals surface area contributed by atoms with Crippen LogP contribution >= 0.6 is 0 Å². The number of amides is 1. The molecule has 1 aliphatic rings. The van der Waals surface area contributed by atoms with Crippen molar-refractivity contribution in [3.05, 3.63) is 0 Å². The van der Waals surface area contributed by atoms with Gasteiger partial charge in [0.25, 0.3) is 0 Å². The minimum atomic E-state index is -0.252. The van der Waals surface area contributed by atoms with Crippen molar-refractivity contribution in [1.29, 1.82) is 0 Å². The lowest BCUT2D eigenvalue weighted by Crippen LogP contribution is -2.31. The molecule has 0 spiro atoms. The Morgan fingerprint density at radius 1 is 1.38 bits per heavy atom. The van der Waals surface area contributed by atoms with Gasteiger partial charge < -0.3 is 10.0 Å². The fourth-order valence-electron chi connectivity index (χ4n) is 1.83. The average molecular weight is 185 g/mol. The van der Waals surface area contributed by atoms with Gasteiger partial charge in [-0.15, -0.1) is 0 Å². The van der Waals surface area contributed by atoms with Crippen molar-refractivity contribution in [1.82, 2.24) is 4.90 Å². The Kier molecular flexibility index (Phi) is 3.72. The topological polar surface area (TPSA) is 40.5 Å². The van der Waals surface area contributed by atoms with Gasteiger partial charge in [0.15, 0.2) is 0 Å². The summed E-state index contributed by atoms with van der Waals surface area (Å²) in [5.74, 6) is 0.328. The zero-order valence-electron chi connectivity index (χ0n) is 8.49. The van der Waals surface area contributed by atoms with Crippen LogP contribution < -0.4 is 0 Å². The van der Waals surface area contributed by atoms with Crippen molar-refractivity contribution in [2.75, 3.05) is 14.1 Å². The van der Waals surface area contributed by atoms with E-state index < -0.39 is 0 Å². The van der Waals surface area contributed by atoms with Gasteiger partial charge in [-0.05, 0) is 18.8 Å². The van der Waals surface area contributed by atoms with Gasteiger partial charge in [0.1, 0.15) is 0 Å². The molecule has 0 heterocycles. The number of carbonyl (C=O) groups is 1. The second kappa shape index (κ2) is 4.61. The SMILES string of the molecule is CN(C)C(=O)CC1CCCC[C@H]1O. The Morgan fingerprint density at radius 2 is 2.00 bits per heavy atom. The van der Waals surface area contributed by atoms with Crippen LogP contribution in [0.5, 0.6) is 0 Å². The van der Waals surface area contributed by atoms with Crippen molar-refractivity contribution in [3.8, 4) is 0 Å². The first-order valence-electron chi connectivity index (χ1n) is 4.99. The summed E-state index contributed by atoms with van der Waals surface area (Å²) in [5, 5.41) is 9.63. The molecule has 1 amide bonds. The Balaban J connectivity index is 2.38. The Morgan fingerprint density at radius 3 is 2.54 bits per heavy atom. The van der Waals surface area contributed by atoms with Crippen LogP contribution in [0.3, 0.4) is 0 Å². The van der Waals surface area contributed by atoms with Crippen LogP contribution in [0.15, 0.2) is 0 Å². The van der Waals surface area contributed by atoms with Gasteiger partial charge in [-0.3, -0.25) is 4.79 Å². The molecule has 1 N–H and O–H groups in total. The van der Waals surface area contributed by atoms with Crippen LogP contribution in [0.4, 0.5) is 0 Å². The number of aliphatic hydroxyl groups excluding tert-OH is 1. The van der Waals surface area contributed by atoms with E-state index in [0.717, 1.165) is 25.7 Å². The van der Waals surface area contributed by atoms with Gasteiger partial charge >= 0.3 is 0 Å². The molecule has 3 heteroatoms. The molecular weight excluding hydrogens is 166 g/mol. The second-order valence-electron chi connectivity index (χ2n) is 4.10. The highest BCUT2D eigenvalue weighted by atomic mass is 16.3. The summed E-state index contributed by atoms with van der Waals surface area (Å²) in [4.78, 5) is 13.0. The predicted octanol–water partition coefficient (Wildman–Crippen LogP) is 1.02. The van der Waals surface area contributed by atoms with E-state index in [0.29, 0.717) is 6.42 Å². The lowest BCUT2D eigenvalue weighted by atomic mass is 9.84. The maximum absolute atomic E-state index is 11.4. The van der Waals surface area contributed by atoms with Crippen LogP contribution in [-0.2, 0) is 4.79 Å². The number of hydrogen-bond donors (Lipinski definition) is 1. The molecule has 0 bridgehead atoms. The average Bonchev–Trinajstić information content (AvgIpc) is 2.08. The molecule has 0 radical (unpaired) electrons. The van der Waals surface area contributed by atoms with Gasteiger partial charge in [0, 0.05) is 20.5 Å². The highest BCUT2D eigenvalue weighted by molar-refractivity contribution is 5.75. The van der Waals surface area contributed by atoms with E-state index in [1.807, 2.05) is 0 Å². The third-order valence-electron chi connectivity index (χ3n) is 2.80. The van der Waals surface area contributed by atoms with Crippen molar-refractivity contribution in [2.24, 2.45) is 5.92 Å². The van der Waals surface area contributed by atoms with Crippen molar-refractivity contribution in [2.45, 2.75) is 38.2 Å². The van der Waals surface area contributed by atoms with E-state index in [1.54, 1.807) is 19.0 Å². The van der Waals surface area contributed by atoms with E-state index in [-0.39, 0.29) is 17.9 Å². The first kappa shape index (κ1) is 10.5. The third kappa shape index (κ3) is 2.99. The van der Waals surface area contributed by atoms with Gasteiger partial charge in [-0.1, -0.05) is 12.8 Å². The quantitative estimate of drug-likeness (QED) is 0.697. The van der Waals surface area contributed by atoms with Gasteiger partial charge in [0.2, 0.25) is 5.91 Å². The summed E-state index contributed by atoms with van der Waals surface area (Å²) in [6, 6.07) is 0. The molecule has 1 rings (SSSR count). The van der Waals surface area contributed by atoms with Gasteiger partial charge in [0.05, 0.1) is 6.10 Å². The Labute approximate surface area is 79.7 Å². The van der Waals surface area contributed by atoms with E-state index in [9.17, 15) is 9.90 Å². The van der Waals surface area contributed by atoms with Crippen molar-refractivity contribution >= 4 is 5.91 Å². The number of rotatable bonds is 2. The highest BCUT2D eigenvalue weighted by Gasteiger charge is 2.25. The minimum Gasteiger partial charge on any atom is -0.393 e. The third-order valence-corrected chi connectivity index (χ3v) is 2.80. The predicted molar refractivity (Wildman–Crippen MR) is 51.3 cm³/mol. The molecule has 3 nitrogen and oxygen atoms in total. The lowest BCUT2D eigenvalue weighted by molar-refractivity contribution is -0.131. The summed E-state index contributed by atoms with van der Waals surface area (Å²) >= 11 is 0. The zero-order valence-corrected chi connectivity index (χ0v) is 8.49. The van der Waals surface area contributed by atoms with E-state index in [1.165, 1.54) is 0 Å². The molecule has 1 aliphatic carbocycles. The number of carbonyl (C=O) groups excluding carboxylic acids is 1. The normalized spacial score (nSPS) is 28.5. The van der Waals surface area contributed by atoms with Crippen LogP contribution in [0.2, 0.25) is 0 Å². The smallest absolute Gasteiger partial charge is 0.222 e. The standard InChI is InChI=1S/C10H19NO2/c1-11(2)10(13)7-8-5-3-4-6-9(8)12/h8-9,12H,3-7H2,1-2H3/t8?,9-/m1/s1. The van der Waals surface area contributed by atoms with Gasteiger partial charge in [-0.25, -0.2) is 0 Å². The summed E-state index contributed by atoms with van der Waals surface area (Å²) in [6.45, 7) is 0. The highest BCUT2D eigenvalue weighted by Crippen LogP contribution is 2.27. The molecule has 13 heavy (non-hydrogen) atoms. The van der Waals surface area contributed by atoms with Gasteiger partial charge in [-0.2, -0.15) is 0 Å². The molecule has 0 aromatic rings. The summed E-state index contributed by atoms with van der Waals surface area (Å²) in [7, 11) is 3.52. The molecule has 0 aliphatic heterocycles. The summed E-state index contributed by atoms with van der Waals surface area (Å²) in [6.07, 6.45) is 4.38. The Bertz CT molecular complexity index is 180. The lowest BCUT2D eigenvalue weighted by Gasteiger charge is -2.27. The number of hydrogen-bond acceptors (Lipinski definition) is 2. The summed E-state index contributed by atoms with van der Waals surface area (Å²) in [5.41, 5.74) is 0. The van der Waals surface area contributed by atoms with Crippen LogP contribution in [-0.4, -0.2) is 36.1 Å². The van der Waals surface area contributed by atoms with Crippen LogP contribution in [0.25, 0.3) is 0 Å². The van der Waals surface area contributed by atoms with E-state index >= 15 is 0 Å². The zero-order chi connectivity index (χ0) is 9.84. The maximum atomic E-state index is 11.4. The first-order chi connectivity index (χ1) is 6.11. The molecular formula is C10H19NO2. The molecule has 1 unspecified atom stereocenters. The molecule has 0 aromatic carbocycles. The van der Waals surface area contributed by atoms with Crippen LogP contribution in [0, 0.1) is 5.92 Å². The maximum Gasteiger partial charge on any atom is 0.222 e. The van der Waals surface area contributed by atoms with Crippen LogP contribution in [0.1, 0.15) is 32.1 Å². The van der Waals surface area contributed by atoms with E-state index in [2.05, 4.69) is 0 Å². The molecule has 2 atom stereocenters. The first-order valence-corrected chi connectivity index (χ1v) is 4.99. The molecule has 1 fully saturated rings. The molecule has 0 saturated heterocycles. The minimum absolute atomic E-state index is 0.131. The second-order valence-corrected chi connectivity index (χ2v) is 4.10. The molecule has 76 valence electrons. The van der Waals surface area contributed by atoms with E-state index in [4.69, 9.17) is 0 Å². The number of aliphatic hydroxyl groups is 1. The van der Waals surface area contributed by atoms with Crippen molar-refractivity contribution in [3.63, 3.8) is 0 Å². The fraction of sp³-hybridized carbons (Fsp3) is 0.900. The molecule has 0 aromatic heterocycles. The monoisotopic (exact) mass is 185 g/mol. The number of nitrogens with zero attached hydrogens (tertiary/aromatic N) is 1. The summed E-state index contributed by atoms with van der Waals surface area (Å²) < 4.78 is 0.